The molecule has 12 heavy (non-hydrogen) atoms. The maximum atomic E-state index is 11.0. The largest absolute Gasteiger partial charge is 0.396 e. The third-order valence-corrected chi connectivity index (χ3v) is 1.47. The first kappa shape index (κ1) is 11.0. The quantitative estimate of drug-likeness (QED) is 0.581. The molecule has 0 heterocycles. The van der Waals surface area contributed by atoms with Gasteiger partial charge in [-0.1, -0.05) is 0 Å². The standard InChI is InChI=1S/C9H15NO2/c1-3-4-5-9(12)10-8(2)6-7-11/h1,8,11H,4-7H2,2H3,(H,10,12). The summed E-state index contributed by atoms with van der Waals surface area (Å²) in [5.74, 6) is 2.35. The monoisotopic (exact) mass is 169 g/mol. The van der Waals surface area contributed by atoms with Crippen molar-refractivity contribution in [2.45, 2.75) is 32.2 Å². The van der Waals surface area contributed by atoms with Gasteiger partial charge >= 0.3 is 0 Å². The minimum Gasteiger partial charge on any atom is -0.396 e. The van der Waals surface area contributed by atoms with Gasteiger partial charge in [-0.3, -0.25) is 4.79 Å². The number of carbonyl (C=O) groups is 1. The third-order valence-electron chi connectivity index (χ3n) is 1.47. The summed E-state index contributed by atoms with van der Waals surface area (Å²) in [4.78, 5) is 11.0. The first-order valence-electron chi connectivity index (χ1n) is 4.04. The molecular weight excluding hydrogens is 154 g/mol. The molecule has 1 amide bonds. The Morgan fingerprint density at radius 1 is 1.75 bits per heavy atom. The smallest absolute Gasteiger partial charge is 0.221 e. The molecule has 0 rings (SSSR count). The van der Waals surface area contributed by atoms with Gasteiger partial charge < -0.3 is 10.4 Å². The molecule has 0 spiro atoms. The zero-order valence-corrected chi connectivity index (χ0v) is 7.34. The SMILES string of the molecule is C#CCCC(=O)NC(C)CCO. The molecule has 0 aliphatic rings. The summed E-state index contributed by atoms with van der Waals surface area (Å²) in [5, 5.41) is 11.3. The van der Waals surface area contributed by atoms with Crippen LogP contribution in [0, 0.1) is 12.3 Å². The van der Waals surface area contributed by atoms with E-state index in [4.69, 9.17) is 11.5 Å². The summed E-state index contributed by atoms with van der Waals surface area (Å²) < 4.78 is 0. The minimum atomic E-state index is -0.0473. The molecule has 3 nitrogen and oxygen atoms in total. The van der Waals surface area contributed by atoms with Crippen molar-refractivity contribution >= 4 is 5.91 Å². The second-order valence-electron chi connectivity index (χ2n) is 2.68. The number of aliphatic hydroxyl groups is 1. The lowest BCUT2D eigenvalue weighted by Crippen LogP contribution is -2.32. The van der Waals surface area contributed by atoms with E-state index in [1.807, 2.05) is 6.92 Å². The minimum absolute atomic E-state index is 0.0280. The number of nitrogens with one attached hydrogen (secondary N) is 1. The Morgan fingerprint density at radius 3 is 2.92 bits per heavy atom. The highest BCUT2D eigenvalue weighted by Gasteiger charge is 2.04. The maximum Gasteiger partial charge on any atom is 0.221 e. The van der Waals surface area contributed by atoms with Gasteiger partial charge in [-0.2, -0.15) is 0 Å². The van der Waals surface area contributed by atoms with Crippen molar-refractivity contribution in [2.24, 2.45) is 0 Å². The average Bonchev–Trinajstić information content (AvgIpc) is 2.01. The van der Waals surface area contributed by atoms with Gasteiger partial charge in [-0.15, -0.1) is 12.3 Å². The van der Waals surface area contributed by atoms with E-state index in [2.05, 4.69) is 11.2 Å². The van der Waals surface area contributed by atoms with Crippen LogP contribution in [0.15, 0.2) is 0 Å². The average molecular weight is 169 g/mol. The fourth-order valence-corrected chi connectivity index (χ4v) is 0.799. The topological polar surface area (TPSA) is 49.3 Å². The van der Waals surface area contributed by atoms with E-state index in [1.165, 1.54) is 0 Å². The Kier molecular flexibility index (Phi) is 6.12. The summed E-state index contributed by atoms with van der Waals surface area (Å²) >= 11 is 0. The summed E-state index contributed by atoms with van der Waals surface area (Å²) in [6.07, 6.45) is 6.42. The molecule has 0 saturated heterocycles. The van der Waals surface area contributed by atoms with Gasteiger partial charge in [0.1, 0.15) is 0 Å². The van der Waals surface area contributed by atoms with Crippen molar-refractivity contribution in [3.63, 3.8) is 0 Å². The van der Waals surface area contributed by atoms with Crippen molar-refractivity contribution < 1.29 is 9.90 Å². The number of aliphatic hydroxyl groups excluding tert-OH is 1. The van der Waals surface area contributed by atoms with Crippen molar-refractivity contribution in [2.75, 3.05) is 6.61 Å². The van der Waals surface area contributed by atoms with E-state index in [0.29, 0.717) is 19.3 Å². The number of carbonyl (C=O) groups excluding carboxylic acids is 1. The zero-order chi connectivity index (χ0) is 9.40. The molecule has 0 aromatic rings. The fourth-order valence-electron chi connectivity index (χ4n) is 0.799. The van der Waals surface area contributed by atoms with Crippen LogP contribution in [0.25, 0.3) is 0 Å². The highest BCUT2D eigenvalue weighted by molar-refractivity contribution is 5.76. The molecule has 0 radical (unpaired) electrons. The van der Waals surface area contributed by atoms with E-state index in [1.54, 1.807) is 0 Å². The van der Waals surface area contributed by atoms with Crippen LogP contribution >= 0.6 is 0 Å². The fraction of sp³-hybridized carbons (Fsp3) is 0.667. The van der Waals surface area contributed by atoms with Crippen LogP contribution < -0.4 is 5.32 Å². The number of rotatable bonds is 5. The second kappa shape index (κ2) is 6.68. The number of amides is 1. The van der Waals surface area contributed by atoms with E-state index in [9.17, 15) is 4.79 Å². The second-order valence-corrected chi connectivity index (χ2v) is 2.68. The van der Waals surface area contributed by atoms with Gasteiger partial charge in [-0.05, 0) is 13.3 Å². The molecule has 0 bridgehead atoms. The van der Waals surface area contributed by atoms with Gasteiger partial charge in [0, 0.05) is 25.5 Å². The molecule has 68 valence electrons. The molecule has 0 aliphatic heterocycles. The molecule has 0 aromatic carbocycles. The third kappa shape index (κ3) is 5.75. The van der Waals surface area contributed by atoms with Gasteiger partial charge in [0.05, 0.1) is 0 Å². The first-order chi connectivity index (χ1) is 5.70. The van der Waals surface area contributed by atoms with E-state index < -0.39 is 0 Å². The van der Waals surface area contributed by atoms with Crippen molar-refractivity contribution in [3.05, 3.63) is 0 Å². The van der Waals surface area contributed by atoms with Crippen molar-refractivity contribution in [1.29, 1.82) is 0 Å². The van der Waals surface area contributed by atoms with Gasteiger partial charge in [0.25, 0.3) is 0 Å². The Labute approximate surface area is 73.2 Å². The highest BCUT2D eigenvalue weighted by Crippen LogP contribution is 1.92. The van der Waals surface area contributed by atoms with Crippen LogP contribution in [0.2, 0.25) is 0 Å². The summed E-state index contributed by atoms with van der Waals surface area (Å²) in [6.45, 7) is 1.95. The van der Waals surface area contributed by atoms with Gasteiger partial charge in [0.2, 0.25) is 5.91 Å². The molecule has 3 heteroatoms. The maximum absolute atomic E-state index is 11.0. The highest BCUT2D eigenvalue weighted by atomic mass is 16.3. The van der Waals surface area contributed by atoms with Crippen LogP contribution in [-0.4, -0.2) is 23.7 Å². The van der Waals surface area contributed by atoms with Crippen LogP contribution in [0.5, 0.6) is 0 Å². The Balaban J connectivity index is 3.48. The summed E-state index contributed by atoms with van der Waals surface area (Å²) in [7, 11) is 0. The van der Waals surface area contributed by atoms with Gasteiger partial charge in [0.15, 0.2) is 0 Å². The molecule has 2 N–H and O–H groups in total. The molecule has 0 fully saturated rings. The predicted octanol–water partition coefficient (Wildman–Crippen LogP) is 0.287. The van der Waals surface area contributed by atoms with Crippen LogP contribution in [0.3, 0.4) is 0 Å². The normalized spacial score (nSPS) is 11.8. The van der Waals surface area contributed by atoms with Crippen LogP contribution in [0.4, 0.5) is 0 Å². The Hall–Kier alpha value is -1.01. The lowest BCUT2D eigenvalue weighted by Gasteiger charge is -2.11. The van der Waals surface area contributed by atoms with E-state index in [-0.39, 0.29) is 18.6 Å². The van der Waals surface area contributed by atoms with Crippen LogP contribution in [0.1, 0.15) is 26.2 Å². The Bertz CT molecular complexity index is 172. The van der Waals surface area contributed by atoms with Crippen molar-refractivity contribution in [1.82, 2.24) is 5.32 Å². The lowest BCUT2D eigenvalue weighted by atomic mass is 10.2. The van der Waals surface area contributed by atoms with Crippen molar-refractivity contribution in [3.8, 4) is 12.3 Å². The lowest BCUT2D eigenvalue weighted by molar-refractivity contribution is -0.121. The number of terminal acetylenes is 1. The molecule has 0 aromatic heterocycles. The number of hydrogen-bond acceptors (Lipinski definition) is 2. The molecular formula is C9H15NO2. The Morgan fingerprint density at radius 2 is 2.42 bits per heavy atom. The molecule has 0 aliphatic carbocycles. The van der Waals surface area contributed by atoms with E-state index in [0.717, 1.165) is 0 Å². The number of hydrogen-bond donors (Lipinski definition) is 2. The zero-order valence-electron chi connectivity index (χ0n) is 7.34. The summed E-state index contributed by atoms with van der Waals surface area (Å²) in [6, 6.07) is 0.0280. The molecule has 1 atom stereocenters. The molecule has 1 unspecified atom stereocenters. The molecule has 0 saturated carbocycles. The van der Waals surface area contributed by atoms with Gasteiger partial charge in [-0.25, -0.2) is 0 Å². The first-order valence-corrected chi connectivity index (χ1v) is 4.04. The summed E-state index contributed by atoms with van der Waals surface area (Å²) in [5.41, 5.74) is 0. The predicted molar refractivity (Wildman–Crippen MR) is 47.4 cm³/mol. The van der Waals surface area contributed by atoms with E-state index >= 15 is 0 Å². The van der Waals surface area contributed by atoms with Crippen LogP contribution in [-0.2, 0) is 4.79 Å².